The Labute approximate surface area is 169 Å². The van der Waals surface area contributed by atoms with Crippen molar-refractivity contribution in [2.45, 2.75) is 25.1 Å². The Balaban J connectivity index is 1.51. The Morgan fingerprint density at radius 1 is 1.00 bits per heavy atom. The van der Waals surface area contributed by atoms with Crippen molar-refractivity contribution in [2.24, 2.45) is 0 Å². The number of carbonyl (C=O) groups excluding carboxylic acids is 3. The Morgan fingerprint density at radius 3 is 2.27 bits per heavy atom. The molecule has 10 heteroatoms. The van der Waals surface area contributed by atoms with Gasteiger partial charge in [-0.3, -0.25) is 19.4 Å². The monoisotopic (exact) mass is 420 g/mol. The van der Waals surface area contributed by atoms with Crippen LogP contribution in [0.3, 0.4) is 0 Å². The highest BCUT2D eigenvalue weighted by molar-refractivity contribution is 6.35. The molecule has 1 aromatic carbocycles. The number of rotatable bonds is 2. The number of amides is 3. The summed E-state index contributed by atoms with van der Waals surface area (Å²) in [6.07, 6.45) is -2.08. The van der Waals surface area contributed by atoms with E-state index in [4.69, 9.17) is 0 Å². The average Bonchev–Trinajstić information content (AvgIpc) is 3.55. The summed E-state index contributed by atoms with van der Waals surface area (Å²) in [4.78, 5) is 43.5. The van der Waals surface area contributed by atoms with Crippen LogP contribution in [0.2, 0.25) is 0 Å². The van der Waals surface area contributed by atoms with Crippen molar-refractivity contribution >= 4 is 28.6 Å². The number of piperazine rings is 1. The number of hydrogen-bond donors (Lipinski definition) is 1. The molecule has 1 aromatic heterocycles. The minimum Gasteiger partial charge on any atom is -0.345 e. The van der Waals surface area contributed by atoms with E-state index in [0.717, 1.165) is 19.0 Å². The highest BCUT2D eigenvalue weighted by Crippen LogP contribution is 2.37. The van der Waals surface area contributed by atoms with Crippen LogP contribution in [0.25, 0.3) is 10.9 Å². The summed E-state index contributed by atoms with van der Waals surface area (Å²) in [6, 6.07) is 5.83. The average molecular weight is 420 g/mol. The standard InChI is InChI=1S/C20H19F3N4O3/c21-20(22,23)16-13-3-1-2-4-15(13)24-11-14(16)18(29)26-7-9-27(10-8-26)19(30)17(28)25-12-5-6-12/h1-4,11-12H,5-10H2,(H,25,28). The van der Waals surface area contributed by atoms with Crippen molar-refractivity contribution in [3.63, 3.8) is 0 Å². The third kappa shape index (κ3) is 3.94. The van der Waals surface area contributed by atoms with Crippen LogP contribution in [-0.4, -0.2) is 64.7 Å². The maximum absolute atomic E-state index is 13.8. The van der Waals surface area contributed by atoms with Gasteiger partial charge in [0.05, 0.1) is 16.6 Å². The zero-order valence-corrected chi connectivity index (χ0v) is 15.9. The Kier molecular flexibility index (Phi) is 5.08. The van der Waals surface area contributed by atoms with Gasteiger partial charge >= 0.3 is 18.0 Å². The second kappa shape index (κ2) is 7.58. The third-order valence-corrected chi connectivity index (χ3v) is 5.25. The second-order valence-corrected chi connectivity index (χ2v) is 7.39. The molecule has 0 bridgehead atoms. The molecule has 2 aromatic rings. The van der Waals surface area contributed by atoms with Gasteiger partial charge in [-0.1, -0.05) is 18.2 Å². The summed E-state index contributed by atoms with van der Waals surface area (Å²) in [5.74, 6) is -2.16. The van der Waals surface area contributed by atoms with E-state index in [1.807, 2.05) is 0 Å². The molecule has 158 valence electrons. The van der Waals surface area contributed by atoms with Gasteiger partial charge in [0.15, 0.2) is 0 Å². The van der Waals surface area contributed by atoms with Crippen LogP contribution in [0.5, 0.6) is 0 Å². The maximum Gasteiger partial charge on any atom is 0.417 e. The zero-order valence-electron chi connectivity index (χ0n) is 15.9. The van der Waals surface area contributed by atoms with Gasteiger partial charge in [0, 0.05) is 43.8 Å². The number of para-hydroxylation sites is 1. The quantitative estimate of drug-likeness (QED) is 0.752. The summed E-state index contributed by atoms with van der Waals surface area (Å²) >= 11 is 0. The maximum atomic E-state index is 13.8. The van der Waals surface area contributed by atoms with E-state index in [2.05, 4.69) is 10.3 Å². The van der Waals surface area contributed by atoms with Gasteiger partial charge in [-0.25, -0.2) is 0 Å². The van der Waals surface area contributed by atoms with Crippen molar-refractivity contribution in [2.75, 3.05) is 26.2 Å². The lowest BCUT2D eigenvalue weighted by Crippen LogP contribution is -2.54. The third-order valence-electron chi connectivity index (χ3n) is 5.25. The SMILES string of the molecule is O=C(NC1CC1)C(=O)N1CCN(C(=O)c2cnc3ccccc3c2C(F)(F)F)CC1. The van der Waals surface area contributed by atoms with Gasteiger partial charge in [-0.2, -0.15) is 13.2 Å². The molecule has 30 heavy (non-hydrogen) atoms. The van der Waals surface area contributed by atoms with Crippen LogP contribution in [0.15, 0.2) is 30.5 Å². The van der Waals surface area contributed by atoms with Crippen LogP contribution >= 0.6 is 0 Å². The number of alkyl halides is 3. The largest absolute Gasteiger partial charge is 0.417 e. The molecule has 1 N–H and O–H groups in total. The fourth-order valence-corrected chi connectivity index (χ4v) is 3.51. The van der Waals surface area contributed by atoms with Crippen molar-refractivity contribution in [3.8, 4) is 0 Å². The molecule has 0 radical (unpaired) electrons. The second-order valence-electron chi connectivity index (χ2n) is 7.39. The fourth-order valence-electron chi connectivity index (χ4n) is 3.51. The lowest BCUT2D eigenvalue weighted by atomic mass is 10.0. The number of halogens is 3. The predicted molar refractivity (Wildman–Crippen MR) is 100 cm³/mol. The fraction of sp³-hybridized carbons (Fsp3) is 0.400. The first-order valence-corrected chi connectivity index (χ1v) is 9.59. The molecule has 1 aliphatic carbocycles. The summed E-state index contributed by atoms with van der Waals surface area (Å²) < 4.78 is 41.3. The molecular weight excluding hydrogens is 401 g/mol. The smallest absolute Gasteiger partial charge is 0.345 e. The molecule has 3 amide bonds. The van der Waals surface area contributed by atoms with E-state index < -0.39 is 35.0 Å². The first-order valence-electron chi connectivity index (χ1n) is 9.59. The lowest BCUT2D eigenvalue weighted by Gasteiger charge is -2.34. The van der Waals surface area contributed by atoms with Crippen molar-refractivity contribution in [3.05, 3.63) is 41.6 Å². The van der Waals surface area contributed by atoms with Crippen molar-refractivity contribution in [1.82, 2.24) is 20.1 Å². The van der Waals surface area contributed by atoms with Gasteiger partial charge in [-0.05, 0) is 18.9 Å². The van der Waals surface area contributed by atoms with Crippen LogP contribution in [-0.2, 0) is 15.8 Å². The number of nitrogens with one attached hydrogen (secondary N) is 1. The van der Waals surface area contributed by atoms with Crippen LogP contribution in [0.1, 0.15) is 28.8 Å². The highest BCUT2D eigenvalue weighted by atomic mass is 19.4. The van der Waals surface area contributed by atoms with Gasteiger partial charge in [-0.15, -0.1) is 0 Å². The molecule has 1 saturated heterocycles. The van der Waals surface area contributed by atoms with Gasteiger partial charge in [0.2, 0.25) is 0 Å². The van der Waals surface area contributed by atoms with E-state index >= 15 is 0 Å². The Bertz CT molecular complexity index is 1010. The number of pyridine rings is 1. The molecule has 2 heterocycles. The highest BCUT2D eigenvalue weighted by Gasteiger charge is 2.39. The van der Waals surface area contributed by atoms with E-state index in [1.165, 1.54) is 28.0 Å². The number of aromatic nitrogens is 1. The van der Waals surface area contributed by atoms with E-state index in [-0.39, 0.29) is 43.1 Å². The summed E-state index contributed by atoms with van der Waals surface area (Å²) in [5.41, 5.74) is -1.38. The molecule has 1 saturated carbocycles. The molecule has 0 unspecified atom stereocenters. The molecule has 0 atom stereocenters. The molecule has 7 nitrogen and oxygen atoms in total. The number of hydrogen-bond acceptors (Lipinski definition) is 4. The van der Waals surface area contributed by atoms with Gasteiger partial charge in [0.1, 0.15) is 0 Å². The number of fused-ring (bicyclic) bond motifs is 1. The normalized spacial score (nSPS) is 17.2. The topological polar surface area (TPSA) is 82.6 Å². The van der Waals surface area contributed by atoms with Crippen molar-refractivity contribution < 1.29 is 27.6 Å². The number of carbonyl (C=O) groups is 3. The minimum atomic E-state index is -4.73. The summed E-state index contributed by atoms with van der Waals surface area (Å²) in [7, 11) is 0. The van der Waals surface area contributed by atoms with Crippen LogP contribution in [0, 0.1) is 0 Å². The molecule has 2 fully saturated rings. The molecule has 0 spiro atoms. The number of nitrogens with zero attached hydrogens (tertiary/aromatic N) is 3. The lowest BCUT2D eigenvalue weighted by molar-refractivity contribution is -0.146. The molecular formula is C20H19F3N4O3. The first kappa shape index (κ1) is 20.1. The van der Waals surface area contributed by atoms with Gasteiger partial charge in [0.25, 0.3) is 5.91 Å². The van der Waals surface area contributed by atoms with Gasteiger partial charge < -0.3 is 15.1 Å². The number of benzene rings is 1. The Morgan fingerprint density at radius 2 is 1.63 bits per heavy atom. The molecule has 1 aliphatic heterocycles. The first-order chi connectivity index (χ1) is 14.3. The summed E-state index contributed by atoms with van der Waals surface area (Å²) in [5, 5.41) is 2.47. The zero-order chi connectivity index (χ0) is 21.5. The Hall–Kier alpha value is -3.17. The minimum absolute atomic E-state index is 0.0331. The van der Waals surface area contributed by atoms with E-state index in [9.17, 15) is 27.6 Å². The van der Waals surface area contributed by atoms with E-state index in [0.29, 0.717) is 0 Å². The summed E-state index contributed by atoms with van der Waals surface area (Å²) in [6.45, 7) is 0.215. The molecule has 4 rings (SSSR count). The van der Waals surface area contributed by atoms with Crippen molar-refractivity contribution in [1.29, 1.82) is 0 Å². The molecule has 2 aliphatic rings. The predicted octanol–water partition coefficient (Wildman–Crippen LogP) is 1.82. The van der Waals surface area contributed by atoms with Crippen LogP contribution < -0.4 is 5.32 Å². The van der Waals surface area contributed by atoms with Crippen LogP contribution in [0.4, 0.5) is 13.2 Å². The van der Waals surface area contributed by atoms with E-state index in [1.54, 1.807) is 6.07 Å².